The minimum Gasteiger partial charge on any atom is -0.459 e. The van der Waals surface area contributed by atoms with Gasteiger partial charge < -0.3 is 4.42 Å². The Balaban J connectivity index is 1.36. The molecule has 2 heterocycles. The number of aromatic nitrogens is 1. The summed E-state index contributed by atoms with van der Waals surface area (Å²) >= 11 is 5.92. The largest absolute Gasteiger partial charge is 0.459 e. The summed E-state index contributed by atoms with van der Waals surface area (Å²) in [5.74, 6) is 6.64. The summed E-state index contributed by atoms with van der Waals surface area (Å²) < 4.78 is 20.7. The number of hydrogen-bond donors (Lipinski definition) is 0. The lowest BCUT2D eigenvalue weighted by Gasteiger charge is -2.20. The molecule has 1 aliphatic rings. The van der Waals surface area contributed by atoms with Crippen molar-refractivity contribution in [3.8, 4) is 23.0 Å². The molecule has 4 aromatic rings. The maximum absolute atomic E-state index is 14.7. The molecule has 0 unspecified atom stereocenters. The van der Waals surface area contributed by atoms with Crippen LogP contribution >= 0.6 is 11.6 Å². The number of benzene rings is 2. The van der Waals surface area contributed by atoms with E-state index in [4.69, 9.17) is 16.0 Å². The summed E-state index contributed by atoms with van der Waals surface area (Å²) in [6, 6.07) is 15.3. The minimum atomic E-state index is -0.511. The van der Waals surface area contributed by atoms with Crippen LogP contribution in [-0.4, -0.2) is 23.0 Å². The average molecular weight is 501 g/mol. The van der Waals surface area contributed by atoms with E-state index in [0.717, 1.165) is 31.0 Å². The van der Waals surface area contributed by atoms with Crippen molar-refractivity contribution in [2.75, 3.05) is 13.1 Å². The van der Waals surface area contributed by atoms with E-state index in [9.17, 15) is 9.18 Å². The molecule has 36 heavy (non-hydrogen) atoms. The van der Waals surface area contributed by atoms with E-state index >= 15 is 0 Å². The van der Waals surface area contributed by atoms with E-state index in [0.29, 0.717) is 39.4 Å². The highest BCUT2D eigenvalue weighted by molar-refractivity contribution is 6.30. The minimum absolute atomic E-state index is 0.0434. The number of halogens is 2. The molecule has 0 radical (unpaired) electrons. The molecule has 0 bridgehead atoms. The second kappa shape index (κ2) is 10.7. The van der Waals surface area contributed by atoms with Gasteiger partial charge in [0.05, 0.1) is 11.9 Å². The van der Waals surface area contributed by atoms with Gasteiger partial charge in [-0.15, -0.1) is 0 Å². The molecule has 2 aromatic heterocycles. The smallest absolute Gasteiger partial charge is 0.193 e. The molecular weight excluding hydrogens is 475 g/mol. The van der Waals surface area contributed by atoms with E-state index in [1.165, 1.54) is 18.9 Å². The fourth-order valence-corrected chi connectivity index (χ4v) is 4.39. The van der Waals surface area contributed by atoms with Crippen molar-refractivity contribution in [2.24, 2.45) is 5.92 Å². The molecule has 182 valence electrons. The van der Waals surface area contributed by atoms with Crippen LogP contribution in [-0.2, 0) is 6.54 Å². The lowest BCUT2D eigenvalue weighted by Crippen LogP contribution is -2.26. The van der Waals surface area contributed by atoms with Gasteiger partial charge in [-0.3, -0.25) is 9.69 Å². The van der Waals surface area contributed by atoms with Crippen LogP contribution in [0.2, 0.25) is 5.02 Å². The molecular formula is C30H26ClFN2O2. The predicted octanol–water partition coefficient (Wildman–Crippen LogP) is 6.67. The SMILES string of the molecule is CCCN(Cc1cc(=O)c2cc(C#Cc3ncc(-c4ccc(Cl)cc4)cc3F)ccc2o1)CC1CC1. The number of nitrogens with zero attached hydrogens (tertiary/aromatic N) is 2. The zero-order valence-electron chi connectivity index (χ0n) is 20.1. The van der Waals surface area contributed by atoms with Gasteiger partial charge in [-0.25, -0.2) is 9.37 Å². The Hall–Kier alpha value is -3.46. The van der Waals surface area contributed by atoms with E-state index in [1.54, 1.807) is 42.6 Å². The molecule has 6 heteroatoms. The molecule has 1 aliphatic carbocycles. The van der Waals surface area contributed by atoms with Gasteiger partial charge in [-0.05, 0) is 79.6 Å². The van der Waals surface area contributed by atoms with E-state index in [2.05, 4.69) is 28.6 Å². The van der Waals surface area contributed by atoms with Crippen LogP contribution in [0.3, 0.4) is 0 Å². The fraction of sp³-hybridized carbons (Fsp3) is 0.267. The molecule has 0 aliphatic heterocycles. The van der Waals surface area contributed by atoms with E-state index < -0.39 is 5.82 Å². The van der Waals surface area contributed by atoms with Crippen LogP contribution in [0.25, 0.3) is 22.1 Å². The van der Waals surface area contributed by atoms with Gasteiger partial charge in [0.15, 0.2) is 11.2 Å². The maximum atomic E-state index is 14.7. The standard InChI is InChI=1S/C30H26ClFN2O2/c1-2-13-34(18-21-3-4-21)19-25-16-29(35)26-14-20(6-12-30(26)36-25)5-11-28-27(32)15-23(17-33-28)22-7-9-24(31)10-8-22/h6-10,12,14-17,21H,2-4,13,18-19H2,1H3. The Morgan fingerprint density at radius 1 is 1.08 bits per heavy atom. The molecule has 1 saturated carbocycles. The zero-order chi connectivity index (χ0) is 25.1. The van der Waals surface area contributed by atoms with Crippen molar-refractivity contribution in [3.63, 3.8) is 0 Å². The average Bonchev–Trinajstić information content (AvgIpc) is 3.68. The first-order valence-corrected chi connectivity index (χ1v) is 12.6. The zero-order valence-corrected chi connectivity index (χ0v) is 20.8. The number of fused-ring (bicyclic) bond motifs is 1. The molecule has 0 N–H and O–H groups in total. The Kier molecular flexibility index (Phi) is 7.18. The number of rotatable bonds is 7. The lowest BCUT2D eigenvalue weighted by molar-refractivity contribution is 0.235. The first kappa shape index (κ1) is 24.2. The molecule has 1 fully saturated rings. The molecule has 0 atom stereocenters. The first-order valence-electron chi connectivity index (χ1n) is 12.2. The van der Waals surface area contributed by atoms with Gasteiger partial charge in [0, 0.05) is 35.0 Å². The van der Waals surface area contributed by atoms with E-state index in [1.807, 2.05) is 12.1 Å². The van der Waals surface area contributed by atoms with Crippen molar-refractivity contribution < 1.29 is 8.81 Å². The topological polar surface area (TPSA) is 46.3 Å². The van der Waals surface area contributed by atoms with Gasteiger partial charge >= 0.3 is 0 Å². The van der Waals surface area contributed by atoms with Gasteiger partial charge in [0.1, 0.15) is 17.0 Å². The molecule has 2 aromatic carbocycles. The lowest BCUT2D eigenvalue weighted by atomic mass is 10.1. The summed E-state index contributed by atoms with van der Waals surface area (Å²) in [5.41, 5.74) is 2.52. The van der Waals surface area contributed by atoms with Crippen LogP contribution in [0.1, 0.15) is 43.2 Å². The summed E-state index contributed by atoms with van der Waals surface area (Å²) in [6.45, 7) is 4.83. The van der Waals surface area contributed by atoms with Crippen LogP contribution in [0.15, 0.2) is 70.0 Å². The number of hydrogen-bond acceptors (Lipinski definition) is 4. The van der Waals surface area contributed by atoms with Crippen molar-refractivity contribution in [1.29, 1.82) is 0 Å². The van der Waals surface area contributed by atoms with Gasteiger partial charge in [-0.2, -0.15) is 0 Å². The molecule has 0 saturated heterocycles. The van der Waals surface area contributed by atoms with Gasteiger partial charge in [0.25, 0.3) is 0 Å². The Bertz CT molecular complexity index is 1510. The first-order chi connectivity index (χ1) is 17.5. The molecule has 0 spiro atoms. The van der Waals surface area contributed by atoms with Crippen molar-refractivity contribution in [3.05, 3.63) is 98.9 Å². The maximum Gasteiger partial charge on any atom is 0.193 e. The highest BCUT2D eigenvalue weighted by Crippen LogP contribution is 2.30. The summed E-state index contributed by atoms with van der Waals surface area (Å²) in [5, 5.41) is 1.07. The summed E-state index contributed by atoms with van der Waals surface area (Å²) in [6.07, 6.45) is 5.22. The summed E-state index contributed by atoms with van der Waals surface area (Å²) in [7, 11) is 0. The van der Waals surface area contributed by atoms with Crippen LogP contribution in [0, 0.1) is 23.6 Å². The third-order valence-corrected chi connectivity index (χ3v) is 6.51. The van der Waals surface area contributed by atoms with Crippen LogP contribution in [0.4, 0.5) is 4.39 Å². The Morgan fingerprint density at radius 3 is 2.61 bits per heavy atom. The normalized spacial score (nSPS) is 13.1. The van der Waals surface area contributed by atoms with Crippen LogP contribution in [0.5, 0.6) is 0 Å². The molecule has 0 amide bonds. The van der Waals surface area contributed by atoms with Crippen molar-refractivity contribution in [1.82, 2.24) is 9.88 Å². The van der Waals surface area contributed by atoms with Gasteiger partial charge in [0.2, 0.25) is 0 Å². The van der Waals surface area contributed by atoms with Crippen molar-refractivity contribution >= 4 is 22.6 Å². The molecule has 4 nitrogen and oxygen atoms in total. The van der Waals surface area contributed by atoms with E-state index in [-0.39, 0.29) is 11.1 Å². The molecule has 5 rings (SSSR count). The Morgan fingerprint density at radius 2 is 1.89 bits per heavy atom. The highest BCUT2D eigenvalue weighted by Gasteiger charge is 2.24. The third kappa shape index (κ3) is 5.84. The summed E-state index contributed by atoms with van der Waals surface area (Å²) in [4.78, 5) is 19.4. The fourth-order valence-electron chi connectivity index (χ4n) is 4.26. The third-order valence-electron chi connectivity index (χ3n) is 6.25. The Labute approximate surface area is 214 Å². The predicted molar refractivity (Wildman–Crippen MR) is 141 cm³/mol. The quantitative estimate of drug-likeness (QED) is 0.266. The van der Waals surface area contributed by atoms with Crippen molar-refractivity contribution in [2.45, 2.75) is 32.7 Å². The second-order valence-electron chi connectivity index (χ2n) is 9.28. The van der Waals surface area contributed by atoms with Gasteiger partial charge in [-0.1, -0.05) is 36.6 Å². The number of pyridine rings is 1. The van der Waals surface area contributed by atoms with Crippen LogP contribution < -0.4 is 5.43 Å². The monoisotopic (exact) mass is 500 g/mol. The highest BCUT2D eigenvalue weighted by atomic mass is 35.5. The second-order valence-corrected chi connectivity index (χ2v) is 9.71.